The number of hydrogen-bond acceptors (Lipinski definition) is 6. The first-order chi connectivity index (χ1) is 17.2. The molecular formula is C25H24Cl2FN5O3. The van der Waals surface area contributed by atoms with Gasteiger partial charge in [0.2, 0.25) is 0 Å². The molecule has 2 heterocycles. The van der Waals surface area contributed by atoms with E-state index >= 15 is 4.39 Å². The Morgan fingerprint density at radius 1 is 0.944 bits per heavy atom. The van der Waals surface area contributed by atoms with Crippen LogP contribution in [0.15, 0.2) is 48.7 Å². The van der Waals surface area contributed by atoms with Crippen LogP contribution in [-0.4, -0.2) is 60.0 Å². The summed E-state index contributed by atoms with van der Waals surface area (Å²) in [4.78, 5) is 34.1. The topological polar surface area (TPSA) is 97.8 Å². The molecule has 188 valence electrons. The molecule has 2 amide bonds. The summed E-state index contributed by atoms with van der Waals surface area (Å²) in [5.74, 6) is -2.49. The van der Waals surface area contributed by atoms with Gasteiger partial charge in [0.25, 0.3) is 11.8 Å². The second-order valence-electron chi connectivity index (χ2n) is 8.43. The number of amides is 2. The van der Waals surface area contributed by atoms with Gasteiger partial charge in [0.05, 0.1) is 21.8 Å². The van der Waals surface area contributed by atoms with Gasteiger partial charge in [-0.15, -0.1) is 0 Å². The van der Waals surface area contributed by atoms with E-state index in [9.17, 15) is 14.7 Å². The second kappa shape index (κ2) is 11.1. The average Bonchev–Trinajstić information content (AvgIpc) is 3.06. The van der Waals surface area contributed by atoms with E-state index in [1.807, 2.05) is 7.05 Å². The number of pyridine rings is 1. The van der Waals surface area contributed by atoms with Crippen molar-refractivity contribution in [2.45, 2.75) is 6.42 Å². The summed E-state index contributed by atoms with van der Waals surface area (Å²) < 4.78 is 15.0. The number of anilines is 3. The van der Waals surface area contributed by atoms with Crippen LogP contribution < -0.4 is 15.5 Å². The molecule has 8 nitrogen and oxygen atoms in total. The molecule has 3 aromatic rings. The quantitative estimate of drug-likeness (QED) is 0.406. The number of phenols is 1. The second-order valence-corrected chi connectivity index (χ2v) is 9.30. The maximum atomic E-state index is 15.0. The number of nitrogens with zero attached hydrogens (tertiary/aromatic N) is 3. The lowest BCUT2D eigenvalue weighted by Gasteiger charge is -2.23. The van der Waals surface area contributed by atoms with Crippen molar-refractivity contribution in [1.82, 2.24) is 9.88 Å². The third-order valence-corrected chi connectivity index (χ3v) is 6.26. The lowest BCUT2D eigenvalue weighted by Crippen LogP contribution is -2.29. The molecule has 0 spiro atoms. The number of carbonyl (C=O) groups is 2. The fourth-order valence-corrected chi connectivity index (χ4v) is 4.23. The fraction of sp³-hybridized carbons (Fsp3) is 0.240. The summed E-state index contributed by atoms with van der Waals surface area (Å²) >= 11 is 11.8. The number of aromatic hydroxyl groups is 1. The van der Waals surface area contributed by atoms with Crippen LogP contribution in [0.25, 0.3) is 0 Å². The summed E-state index contributed by atoms with van der Waals surface area (Å²) in [6, 6.07) is 9.87. The van der Waals surface area contributed by atoms with E-state index in [0.29, 0.717) is 10.7 Å². The smallest absolute Gasteiger partial charge is 0.259 e. The van der Waals surface area contributed by atoms with Gasteiger partial charge in [0, 0.05) is 42.6 Å². The highest BCUT2D eigenvalue weighted by Gasteiger charge is 2.22. The van der Waals surface area contributed by atoms with Crippen LogP contribution in [0.2, 0.25) is 10.0 Å². The Labute approximate surface area is 217 Å². The van der Waals surface area contributed by atoms with Crippen LogP contribution in [0.1, 0.15) is 27.1 Å². The van der Waals surface area contributed by atoms with E-state index in [2.05, 4.69) is 25.4 Å². The molecule has 0 radical (unpaired) electrons. The molecule has 2 aromatic carbocycles. The van der Waals surface area contributed by atoms with E-state index in [0.717, 1.165) is 32.6 Å². The minimum absolute atomic E-state index is 0.0679. The number of nitrogens with one attached hydrogen (secondary N) is 2. The molecule has 0 unspecified atom stereocenters. The Morgan fingerprint density at radius 2 is 1.72 bits per heavy atom. The monoisotopic (exact) mass is 531 g/mol. The zero-order valence-electron chi connectivity index (χ0n) is 19.4. The largest absolute Gasteiger partial charge is 0.506 e. The van der Waals surface area contributed by atoms with Crippen molar-refractivity contribution in [3.8, 4) is 5.75 Å². The van der Waals surface area contributed by atoms with Crippen LogP contribution >= 0.6 is 23.2 Å². The number of likely N-dealkylation sites (N-methyl/N-ethyl adjacent to an activating group) is 1. The summed E-state index contributed by atoms with van der Waals surface area (Å²) in [6.07, 6.45) is 2.30. The molecule has 0 bridgehead atoms. The first-order valence-electron chi connectivity index (χ1n) is 11.2. The molecule has 0 aliphatic carbocycles. The van der Waals surface area contributed by atoms with E-state index in [-0.39, 0.29) is 27.7 Å². The van der Waals surface area contributed by atoms with Crippen molar-refractivity contribution < 1.29 is 19.1 Å². The molecule has 0 atom stereocenters. The van der Waals surface area contributed by atoms with Crippen LogP contribution in [0.3, 0.4) is 0 Å². The predicted octanol–water partition coefficient (Wildman–Crippen LogP) is 4.88. The normalized spacial score (nSPS) is 14.3. The third kappa shape index (κ3) is 6.04. The Bertz CT molecular complexity index is 1290. The van der Waals surface area contributed by atoms with E-state index in [1.54, 1.807) is 12.1 Å². The Kier molecular flexibility index (Phi) is 7.93. The molecule has 0 saturated carbocycles. The van der Waals surface area contributed by atoms with Gasteiger partial charge in [0.15, 0.2) is 0 Å². The van der Waals surface area contributed by atoms with Gasteiger partial charge in [-0.05, 0) is 56.4 Å². The van der Waals surface area contributed by atoms with E-state index < -0.39 is 23.4 Å². The molecule has 1 aliphatic heterocycles. The first kappa shape index (κ1) is 25.7. The number of hydrogen-bond donors (Lipinski definition) is 3. The highest BCUT2D eigenvalue weighted by molar-refractivity contribution is 6.32. The number of aromatic nitrogens is 1. The van der Waals surface area contributed by atoms with Crippen molar-refractivity contribution in [3.05, 3.63) is 75.7 Å². The number of rotatable bonds is 5. The first-order valence-corrected chi connectivity index (χ1v) is 12.0. The van der Waals surface area contributed by atoms with E-state index in [4.69, 9.17) is 23.2 Å². The lowest BCUT2D eigenvalue weighted by atomic mass is 10.1. The number of halogens is 3. The Hall–Kier alpha value is -3.40. The highest BCUT2D eigenvalue weighted by Crippen LogP contribution is 2.33. The van der Waals surface area contributed by atoms with Crippen LogP contribution in [0.5, 0.6) is 5.75 Å². The number of carbonyl (C=O) groups excluding carboxylic acids is 2. The average molecular weight is 532 g/mol. The van der Waals surface area contributed by atoms with Gasteiger partial charge >= 0.3 is 0 Å². The van der Waals surface area contributed by atoms with Crippen LogP contribution in [0, 0.1) is 5.82 Å². The zero-order valence-corrected chi connectivity index (χ0v) is 20.9. The maximum Gasteiger partial charge on any atom is 0.259 e. The summed E-state index contributed by atoms with van der Waals surface area (Å²) in [7, 11) is 2.05. The Balaban J connectivity index is 1.56. The van der Waals surface area contributed by atoms with Crippen molar-refractivity contribution >= 4 is 52.2 Å². The van der Waals surface area contributed by atoms with Crippen molar-refractivity contribution in [3.63, 3.8) is 0 Å². The predicted molar refractivity (Wildman–Crippen MR) is 139 cm³/mol. The molecule has 4 rings (SSSR count). The fourth-order valence-electron chi connectivity index (χ4n) is 3.91. The molecule has 36 heavy (non-hydrogen) atoms. The molecule has 11 heteroatoms. The van der Waals surface area contributed by atoms with Crippen molar-refractivity contribution in [2.24, 2.45) is 0 Å². The Morgan fingerprint density at radius 3 is 2.44 bits per heavy atom. The molecule has 1 aliphatic rings. The highest BCUT2D eigenvalue weighted by atomic mass is 35.5. The lowest BCUT2D eigenvalue weighted by molar-refractivity contribution is 0.102. The summed E-state index contributed by atoms with van der Waals surface area (Å²) in [5.41, 5.74) is 0.112. The molecule has 1 saturated heterocycles. The van der Waals surface area contributed by atoms with Gasteiger partial charge < -0.3 is 25.5 Å². The van der Waals surface area contributed by atoms with Gasteiger partial charge in [0.1, 0.15) is 17.4 Å². The molecular weight excluding hydrogens is 508 g/mol. The maximum absolute atomic E-state index is 15.0. The van der Waals surface area contributed by atoms with Gasteiger partial charge in [-0.1, -0.05) is 23.2 Å². The SMILES string of the molecule is CN1CCCN(c2ccc(C(=O)Nc3c(O)cc(Cl)cc3C(=O)Nc3ccc(Cl)cn3)c(F)c2)CC1. The standard InChI is InChI=1S/C25H24Cl2FN5O3/c1-32-7-2-8-33(10-9-32)17-4-5-18(20(28)13-17)24(35)31-23-19(11-16(27)12-21(23)34)25(36)30-22-6-3-15(26)14-29-22/h3-6,11-14,34H,2,7-10H2,1H3,(H,31,35)(H,29,30,36). The minimum atomic E-state index is -0.828. The molecule has 3 N–H and O–H groups in total. The number of benzene rings is 2. The van der Waals surface area contributed by atoms with E-state index in [1.165, 1.54) is 36.5 Å². The van der Waals surface area contributed by atoms with Crippen LogP contribution in [0.4, 0.5) is 21.6 Å². The zero-order chi connectivity index (χ0) is 25.8. The van der Waals surface area contributed by atoms with Crippen LogP contribution in [-0.2, 0) is 0 Å². The molecule has 1 fully saturated rings. The molecule has 1 aromatic heterocycles. The van der Waals surface area contributed by atoms with Crippen molar-refractivity contribution in [2.75, 3.05) is 48.8 Å². The van der Waals surface area contributed by atoms with Crippen molar-refractivity contribution in [1.29, 1.82) is 0 Å². The third-order valence-electron chi connectivity index (χ3n) is 5.82. The van der Waals surface area contributed by atoms with Gasteiger partial charge in [-0.3, -0.25) is 9.59 Å². The minimum Gasteiger partial charge on any atom is -0.506 e. The summed E-state index contributed by atoms with van der Waals surface area (Å²) in [5, 5.41) is 15.9. The summed E-state index contributed by atoms with van der Waals surface area (Å²) in [6.45, 7) is 3.36. The van der Waals surface area contributed by atoms with Gasteiger partial charge in [-0.2, -0.15) is 0 Å². The number of phenolic OH excluding ortho intramolecular Hbond substituents is 1. The van der Waals surface area contributed by atoms with Gasteiger partial charge in [-0.25, -0.2) is 9.37 Å².